The van der Waals surface area contributed by atoms with Crippen molar-refractivity contribution < 1.29 is 9.59 Å². The summed E-state index contributed by atoms with van der Waals surface area (Å²) in [5, 5.41) is 8.54. The van der Waals surface area contributed by atoms with E-state index in [1.54, 1.807) is 24.3 Å². The normalized spacial score (nSPS) is 15.3. The van der Waals surface area contributed by atoms with Crippen molar-refractivity contribution in [3.05, 3.63) is 94.0 Å². The molecule has 0 saturated carbocycles. The van der Waals surface area contributed by atoms with Gasteiger partial charge in [-0.25, -0.2) is 9.79 Å². The van der Waals surface area contributed by atoms with Crippen LogP contribution in [0.5, 0.6) is 0 Å². The van der Waals surface area contributed by atoms with Gasteiger partial charge in [-0.1, -0.05) is 77.8 Å². The molecule has 150 valence electrons. The fourth-order valence-corrected chi connectivity index (χ4v) is 3.56. The molecule has 1 unspecified atom stereocenters. The second kappa shape index (κ2) is 8.57. The van der Waals surface area contributed by atoms with Gasteiger partial charge in [0.1, 0.15) is 0 Å². The molecule has 3 N–H and O–H groups in total. The number of rotatable bonds is 3. The van der Waals surface area contributed by atoms with E-state index in [0.29, 0.717) is 11.4 Å². The van der Waals surface area contributed by atoms with Crippen molar-refractivity contribution in [2.75, 3.05) is 10.6 Å². The lowest BCUT2D eigenvalue weighted by Crippen LogP contribution is -2.44. The third kappa shape index (κ3) is 4.15. The molecule has 3 amide bonds. The summed E-state index contributed by atoms with van der Waals surface area (Å²) < 4.78 is 0. The van der Waals surface area contributed by atoms with Gasteiger partial charge in [0.15, 0.2) is 0 Å². The number of amides is 3. The van der Waals surface area contributed by atoms with E-state index in [1.807, 2.05) is 48.5 Å². The molecule has 0 fully saturated rings. The van der Waals surface area contributed by atoms with Gasteiger partial charge in [-0.2, -0.15) is 0 Å². The monoisotopic (exact) mass is 438 g/mol. The quantitative estimate of drug-likeness (QED) is 0.541. The predicted molar refractivity (Wildman–Crippen MR) is 120 cm³/mol. The van der Waals surface area contributed by atoms with Crippen molar-refractivity contribution in [3.63, 3.8) is 0 Å². The van der Waals surface area contributed by atoms with E-state index in [4.69, 9.17) is 23.2 Å². The maximum atomic E-state index is 12.8. The lowest BCUT2D eigenvalue weighted by molar-refractivity contribution is -0.117. The Morgan fingerprint density at radius 3 is 2.30 bits per heavy atom. The molecule has 6 nitrogen and oxygen atoms in total. The number of hydrogen-bond donors (Lipinski definition) is 3. The van der Waals surface area contributed by atoms with Crippen molar-refractivity contribution in [1.82, 2.24) is 5.32 Å². The Hall–Kier alpha value is -3.35. The Bertz CT molecular complexity index is 1130. The van der Waals surface area contributed by atoms with Crippen LogP contribution in [0, 0.1) is 0 Å². The number of benzene rings is 3. The molecule has 0 aliphatic carbocycles. The average molecular weight is 439 g/mol. The number of hydrogen-bond acceptors (Lipinski definition) is 3. The molecule has 8 heteroatoms. The van der Waals surface area contributed by atoms with Gasteiger partial charge >= 0.3 is 6.03 Å². The highest BCUT2D eigenvalue weighted by Crippen LogP contribution is 2.30. The van der Waals surface area contributed by atoms with E-state index >= 15 is 0 Å². The molecule has 1 heterocycles. The molecule has 0 radical (unpaired) electrons. The standard InChI is InChI=1S/C22H16Cl2N4O2/c23-15-10-6-11-16(24)19(15)27-22(30)28-20-21(29)25-17-12-5-4-9-14(17)18(26-20)13-7-2-1-3-8-13/h1-12,20H,(H,25,29)(H2,27,28,30). The van der Waals surface area contributed by atoms with Gasteiger partial charge in [-0.15, -0.1) is 0 Å². The van der Waals surface area contributed by atoms with Crippen LogP contribution in [0.25, 0.3) is 0 Å². The largest absolute Gasteiger partial charge is 0.322 e. The summed E-state index contributed by atoms with van der Waals surface area (Å²) >= 11 is 12.2. The minimum atomic E-state index is -1.16. The minimum Gasteiger partial charge on any atom is -0.322 e. The fourth-order valence-electron chi connectivity index (χ4n) is 3.07. The number of fused-ring (bicyclic) bond motifs is 1. The topological polar surface area (TPSA) is 82.6 Å². The first kappa shape index (κ1) is 19.9. The van der Waals surface area contributed by atoms with Gasteiger partial charge in [0.2, 0.25) is 6.17 Å². The van der Waals surface area contributed by atoms with E-state index in [0.717, 1.165) is 11.1 Å². The lowest BCUT2D eigenvalue weighted by Gasteiger charge is -2.15. The number of aliphatic imine (C=N–C) groups is 1. The third-order valence-electron chi connectivity index (χ3n) is 4.46. The van der Waals surface area contributed by atoms with Crippen LogP contribution in [-0.2, 0) is 4.79 Å². The van der Waals surface area contributed by atoms with Gasteiger partial charge < -0.3 is 16.0 Å². The summed E-state index contributed by atoms with van der Waals surface area (Å²) in [5.74, 6) is -0.464. The number of carbonyl (C=O) groups is 2. The SMILES string of the molecule is O=C(Nc1c(Cl)cccc1Cl)NC1N=C(c2ccccc2)c2ccccc2NC1=O. The molecule has 3 aromatic carbocycles. The smallest absolute Gasteiger partial charge is 0.321 e. The molecule has 1 aliphatic rings. The van der Waals surface area contributed by atoms with Crippen LogP contribution in [0.1, 0.15) is 11.1 Å². The summed E-state index contributed by atoms with van der Waals surface area (Å²) in [7, 11) is 0. The zero-order valence-corrected chi connectivity index (χ0v) is 17.0. The van der Waals surface area contributed by atoms with Crippen LogP contribution < -0.4 is 16.0 Å². The molecule has 30 heavy (non-hydrogen) atoms. The Morgan fingerprint density at radius 1 is 0.900 bits per heavy atom. The lowest BCUT2D eigenvalue weighted by atomic mass is 10.0. The van der Waals surface area contributed by atoms with Crippen molar-refractivity contribution in [2.24, 2.45) is 4.99 Å². The number of halogens is 2. The summed E-state index contributed by atoms with van der Waals surface area (Å²) in [5.41, 5.74) is 3.04. The molecule has 4 rings (SSSR count). The van der Waals surface area contributed by atoms with E-state index in [2.05, 4.69) is 20.9 Å². The number of nitrogens with one attached hydrogen (secondary N) is 3. The maximum Gasteiger partial charge on any atom is 0.321 e. The average Bonchev–Trinajstić information content (AvgIpc) is 2.88. The van der Waals surface area contributed by atoms with E-state index in [-0.39, 0.29) is 15.7 Å². The summed E-state index contributed by atoms with van der Waals surface area (Å²) in [6.45, 7) is 0. The second-order valence-corrected chi connectivity index (χ2v) is 7.29. The molecule has 1 atom stereocenters. The van der Waals surface area contributed by atoms with Crippen LogP contribution in [0.2, 0.25) is 10.0 Å². The molecule has 1 aliphatic heterocycles. The number of benzodiazepines with no additional fused rings is 1. The molecule has 0 spiro atoms. The number of carbonyl (C=O) groups excluding carboxylic acids is 2. The Kier molecular flexibility index (Phi) is 5.70. The minimum absolute atomic E-state index is 0.253. The molecule has 3 aromatic rings. The van der Waals surface area contributed by atoms with E-state index in [9.17, 15) is 9.59 Å². The van der Waals surface area contributed by atoms with Crippen molar-refractivity contribution >= 4 is 52.2 Å². The summed E-state index contributed by atoms with van der Waals surface area (Å²) in [4.78, 5) is 29.9. The maximum absolute atomic E-state index is 12.8. The predicted octanol–water partition coefficient (Wildman–Crippen LogP) is 4.93. The Labute approximate surface area is 182 Å². The highest BCUT2D eigenvalue weighted by molar-refractivity contribution is 6.39. The molecular weight excluding hydrogens is 423 g/mol. The van der Waals surface area contributed by atoms with Crippen LogP contribution in [0.4, 0.5) is 16.2 Å². The van der Waals surface area contributed by atoms with Gasteiger partial charge in [0, 0.05) is 11.1 Å². The highest BCUT2D eigenvalue weighted by Gasteiger charge is 2.27. The zero-order valence-electron chi connectivity index (χ0n) is 15.5. The van der Waals surface area contributed by atoms with Gasteiger partial charge in [-0.3, -0.25) is 4.79 Å². The second-order valence-electron chi connectivity index (χ2n) is 6.48. The Balaban J connectivity index is 1.66. The third-order valence-corrected chi connectivity index (χ3v) is 5.09. The van der Waals surface area contributed by atoms with Gasteiger partial charge in [-0.05, 0) is 18.2 Å². The number of para-hydroxylation sites is 2. The first-order chi connectivity index (χ1) is 14.5. The summed E-state index contributed by atoms with van der Waals surface area (Å²) in [6, 6.07) is 21.0. The summed E-state index contributed by atoms with van der Waals surface area (Å²) in [6.07, 6.45) is -1.16. The number of anilines is 2. The first-order valence-corrected chi connectivity index (χ1v) is 9.83. The van der Waals surface area contributed by atoms with E-state index in [1.165, 1.54) is 0 Å². The van der Waals surface area contributed by atoms with Crippen LogP contribution in [0.15, 0.2) is 77.8 Å². The molecule has 0 aromatic heterocycles. The van der Waals surface area contributed by atoms with E-state index < -0.39 is 18.1 Å². The molecule has 0 bridgehead atoms. The highest BCUT2D eigenvalue weighted by atomic mass is 35.5. The van der Waals surface area contributed by atoms with Crippen LogP contribution >= 0.6 is 23.2 Å². The van der Waals surface area contributed by atoms with Crippen LogP contribution in [0.3, 0.4) is 0 Å². The number of urea groups is 1. The molecule has 0 saturated heterocycles. The van der Waals surface area contributed by atoms with Crippen molar-refractivity contribution in [2.45, 2.75) is 6.17 Å². The van der Waals surface area contributed by atoms with Gasteiger partial charge in [0.05, 0.1) is 27.1 Å². The van der Waals surface area contributed by atoms with Crippen molar-refractivity contribution in [3.8, 4) is 0 Å². The zero-order chi connectivity index (χ0) is 21.1. The van der Waals surface area contributed by atoms with Gasteiger partial charge in [0.25, 0.3) is 5.91 Å². The Morgan fingerprint density at radius 2 is 1.57 bits per heavy atom. The molecular formula is C22H16Cl2N4O2. The fraction of sp³-hybridized carbons (Fsp3) is 0.0455. The van der Waals surface area contributed by atoms with Crippen LogP contribution in [-0.4, -0.2) is 23.8 Å². The number of nitrogens with zero attached hydrogens (tertiary/aromatic N) is 1. The van der Waals surface area contributed by atoms with Crippen molar-refractivity contribution in [1.29, 1.82) is 0 Å². The first-order valence-electron chi connectivity index (χ1n) is 9.08.